The van der Waals surface area contributed by atoms with Gasteiger partial charge in [-0.3, -0.25) is 9.89 Å². The average molecular weight is 337 g/mol. The Kier molecular flexibility index (Phi) is 4.69. The first-order chi connectivity index (χ1) is 10.8. The zero-order chi connectivity index (χ0) is 16.6. The Bertz CT molecular complexity index is 571. The SMILES string of the molecule is CC1CN=C(N2CCN(C(C)c3nc(C(C)(C)C)no3)CC2)S1. The summed E-state index contributed by atoms with van der Waals surface area (Å²) in [5.74, 6) is 1.51. The van der Waals surface area contributed by atoms with E-state index in [4.69, 9.17) is 4.52 Å². The normalized spacial score (nSPS) is 24.8. The monoisotopic (exact) mass is 337 g/mol. The van der Waals surface area contributed by atoms with Gasteiger partial charge in [0.25, 0.3) is 0 Å². The van der Waals surface area contributed by atoms with Crippen LogP contribution in [0.2, 0.25) is 0 Å². The molecule has 23 heavy (non-hydrogen) atoms. The number of piperazine rings is 1. The fourth-order valence-electron chi connectivity index (χ4n) is 2.80. The highest BCUT2D eigenvalue weighted by molar-refractivity contribution is 8.14. The molecule has 0 N–H and O–H groups in total. The molecule has 2 atom stereocenters. The Morgan fingerprint density at radius 3 is 2.43 bits per heavy atom. The van der Waals surface area contributed by atoms with Crippen molar-refractivity contribution in [1.29, 1.82) is 0 Å². The quantitative estimate of drug-likeness (QED) is 0.826. The fraction of sp³-hybridized carbons (Fsp3) is 0.812. The number of hydrogen-bond acceptors (Lipinski definition) is 7. The van der Waals surface area contributed by atoms with Crippen LogP contribution in [0.25, 0.3) is 0 Å². The molecule has 2 aliphatic rings. The van der Waals surface area contributed by atoms with Gasteiger partial charge < -0.3 is 9.42 Å². The summed E-state index contributed by atoms with van der Waals surface area (Å²) in [6.07, 6.45) is 0. The largest absolute Gasteiger partial charge is 0.349 e. The minimum atomic E-state index is -0.0747. The summed E-state index contributed by atoms with van der Waals surface area (Å²) in [5, 5.41) is 5.99. The van der Waals surface area contributed by atoms with Crippen molar-refractivity contribution >= 4 is 16.9 Å². The first kappa shape index (κ1) is 16.8. The van der Waals surface area contributed by atoms with Gasteiger partial charge in [0.1, 0.15) is 0 Å². The highest BCUT2D eigenvalue weighted by Gasteiger charge is 2.30. The van der Waals surface area contributed by atoms with E-state index < -0.39 is 0 Å². The van der Waals surface area contributed by atoms with Gasteiger partial charge in [-0.2, -0.15) is 4.98 Å². The standard InChI is InChI=1S/C16H27N5OS/c1-11-10-17-15(23-11)21-8-6-20(7-9-21)12(2)13-18-14(19-22-13)16(3,4)5/h11-12H,6-10H2,1-5H3. The van der Waals surface area contributed by atoms with Crippen LogP contribution in [0.5, 0.6) is 0 Å². The molecular weight excluding hydrogens is 310 g/mol. The molecule has 1 saturated heterocycles. The predicted octanol–water partition coefficient (Wildman–Crippen LogP) is 2.54. The van der Waals surface area contributed by atoms with E-state index in [0.29, 0.717) is 5.25 Å². The summed E-state index contributed by atoms with van der Waals surface area (Å²) in [5.41, 5.74) is -0.0747. The van der Waals surface area contributed by atoms with Crippen molar-refractivity contribution in [2.24, 2.45) is 4.99 Å². The van der Waals surface area contributed by atoms with E-state index in [1.165, 1.54) is 5.17 Å². The molecule has 3 heterocycles. The van der Waals surface area contributed by atoms with Crippen molar-refractivity contribution in [2.75, 3.05) is 32.7 Å². The number of rotatable bonds is 2. The maximum Gasteiger partial charge on any atom is 0.243 e. The van der Waals surface area contributed by atoms with Crippen LogP contribution in [0, 0.1) is 0 Å². The number of thioether (sulfide) groups is 1. The summed E-state index contributed by atoms with van der Waals surface area (Å²) in [6.45, 7) is 15.7. The zero-order valence-electron chi connectivity index (χ0n) is 14.7. The van der Waals surface area contributed by atoms with Gasteiger partial charge >= 0.3 is 0 Å². The molecule has 0 spiro atoms. The van der Waals surface area contributed by atoms with Crippen LogP contribution in [0.1, 0.15) is 52.4 Å². The smallest absolute Gasteiger partial charge is 0.243 e. The Morgan fingerprint density at radius 2 is 1.91 bits per heavy atom. The molecule has 0 bridgehead atoms. The molecule has 1 fully saturated rings. The highest BCUT2D eigenvalue weighted by Crippen LogP contribution is 2.27. The van der Waals surface area contributed by atoms with E-state index >= 15 is 0 Å². The van der Waals surface area contributed by atoms with Gasteiger partial charge in [0.15, 0.2) is 11.0 Å². The molecule has 0 aliphatic carbocycles. The van der Waals surface area contributed by atoms with E-state index in [2.05, 4.69) is 59.6 Å². The maximum atomic E-state index is 5.50. The Labute approximate surface area is 142 Å². The molecule has 7 heteroatoms. The lowest BCUT2D eigenvalue weighted by molar-refractivity contribution is 0.121. The highest BCUT2D eigenvalue weighted by atomic mass is 32.2. The van der Waals surface area contributed by atoms with Crippen molar-refractivity contribution in [3.63, 3.8) is 0 Å². The van der Waals surface area contributed by atoms with E-state index in [9.17, 15) is 0 Å². The summed E-state index contributed by atoms with van der Waals surface area (Å²) in [4.78, 5) is 14.1. The lowest BCUT2D eigenvalue weighted by Gasteiger charge is -2.37. The topological polar surface area (TPSA) is 57.8 Å². The Hall–Kier alpha value is -1.08. The van der Waals surface area contributed by atoms with Crippen LogP contribution >= 0.6 is 11.8 Å². The lowest BCUT2D eigenvalue weighted by atomic mass is 9.96. The first-order valence-electron chi connectivity index (χ1n) is 8.39. The van der Waals surface area contributed by atoms with Gasteiger partial charge in [-0.25, -0.2) is 0 Å². The first-order valence-corrected chi connectivity index (χ1v) is 9.27. The molecule has 6 nitrogen and oxygen atoms in total. The summed E-state index contributed by atoms with van der Waals surface area (Å²) < 4.78 is 5.50. The molecule has 1 aromatic rings. The lowest BCUT2D eigenvalue weighted by Crippen LogP contribution is -2.48. The summed E-state index contributed by atoms with van der Waals surface area (Å²) >= 11 is 1.90. The average Bonchev–Trinajstić information content (AvgIpc) is 3.15. The number of hydrogen-bond donors (Lipinski definition) is 0. The van der Waals surface area contributed by atoms with E-state index in [1.807, 2.05) is 11.8 Å². The van der Waals surface area contributed by atoms with Gasteiger partial charge in [0.2, 0.25) is 5.89 Å². The molecule has 3 rings (SSSR count). The van der Waals surface area contributed by atoms with Crippen LogP contribution in [-0.2, 0) is 5.41 Å². The van der Waals surface area contributed by atoms with Gasteiger partial charge in [-0.1, -0.05) is 44.6 Å². The van der Waals surface area contributed by atoms with Gasteiger partial charge in [-0.15, -0.1) is 0 Å². The molecule has 2 unspecified atom stereocenters. The van der Waals surface area contributed by atoms with Crippen molar-refractivity contribution in [2.45, 2.75) is 51.3 Å². The second kappa shape index (κ2) is 6.43. The van der Waals surface area contributed by atoms with Crippen molar-refractivity contribution < 1.29 is 4.52 Å². The minimum Gasteiger partial charge on any atom is -0.349 e. The molecular formula is C16H27N5OS. The summed E-state index contributed by atoms with van der Waals surface area (Å²) in [6, 6.07) is 0.165. The van der Waals surface area contributed by atoms with Gasteiger partial charge in [-0.05, 0) is 6.92 Å². The number of aliphatic imine (C=N–C) groups is 1. The van der Waals surface area contributed by atoms with Crippen LogP contribution in [0.15, 0.2) is 9.52 Å². The van der Waals surface area contributed by atoms with Gasteiger partial charge in [0.05, 0.1) is 12.6 Å². The predicted molar refractivity (Wildman–Crippen MR) is 93.9 cm³/mol. The van der Waals surface area contributed by atoms with Crippen LogP contribution < -0.4 is 0 Å². The zero-order valence-corrected chi connectivity index (χ0v) is 15.6. The third-order valence-corrected chi connectivity index (χ3v) is 5.54. The van der Waals surface area contributed by atoms with Gasteiger partial charge in [0, 0.05) is 36.8 Å². The minimum absolute atomic E-state index is 0.0747. The second-order valence-electron chi connectivity index (χ2n) is 7.46. The molecule has 0 aromatic carbocycles. The molecule has 128 valence electrons. The van der Waals surface area contributed by atoms with Crippen LogP contribution in [0.4, 0.5) is 0 Å². The fourth-order valence-corrected chi connectivity index (χ4v) is 3.79. The van der Waals surface area contributed by atoms with Crippen molar-refractivity contribution in [3.8, 4) is 0 Å². The van der Waals surface area contributed by atoms with Crippen molar-refractivity contribution in [1.82, 2.24) is 19.9 Å². The van der Waals surface area contributed by atoms with E-state index in [0.717, 1.165) is 44.4 Å². The maximum absolute atomic E-state index is 5.50. The number of amidine groups is 1. The van der Waals surface area contributed by atoms with E-state index in [1.54, 1.807) is 0 Å². The third-order valence-electron chi connectivity index (χ3n) is 4.39. The Morgan fingerprint density at radius 1 is 1.22 bits per heavy atom. The van der Waals surface area contributed by atoms with Crippen LogP contribution in [0.3, 0.4) is 0 Å². The van der Waals surface area contributed by atoms with E-state index in [-0.39, 0.29) is 11.5 Å². The second-order valence-corrected chi connectivity index (χ2v) is 8.86. The third kappa shape index (κ3) is 3.71. The molecule has 0 radical (unpaired) electrons. The Balaban J connectivity index is 1.58. The van der Waals surface area contributed by atoms with Crippen LogP contribution in [-0.4, -0.2) is 63.1 Å². The molecule has 1 aromatic heterocycles. The van der Waals surface area contributed by atoms with Crippen molar-refractivity contribution in [3.05, 3.63) is 11.7 Å². The number of aromatic nitrogens is 2. The molecule has 0 amide bonds. The molecule has 2 aliphatic heterocycles. The number of nitrogens with zero attached hydrogens (tertiary/aromatic N) is 5. The summed E-state index contributed by atoms with van der Waals surface area (Å²) in [7, 11) is 0. The molecule has 0 saturated carbocycles.